The summed E-state index contributed by atoms with van der Waals surface area (Å²) in [7, 11) is 0. The van der Waals surface area contributed by atoms with E-state index in [4.69, 9.17) is 0 Å². The van der Waals surface area contributed by atoms with Crippen LogP contribution in [0.1, 0.15) is 58.3 Å². The molecule has 0 amide bonds. The fourth-order valence-corrected chi connectivity index (χ4v) is 1.47. The molecule has 0 aliphatic rings. The Morgan fingerprint density at radius 3 is 1.88 bits per heavy atom. The first kappa shape index (κ1) is 15.9. The third-order valence-electron chi connectivity index (χ3n) is 2.52. The van der Waals surface area contributed by atoms with Gasteiger partial charge in [0.05, 0.1) is 0 Å². The van der Waals surface area contributed by atoms with Crippen LogP contribution in [0.25, 0.3) is 0 Å². The van der Waals surface area contributed by atoms with Gasteiger partial charge in [-0.3, -0.25) is 0 Å². The van der Waals surface area contributed by atoms with Crippen molar-refractivity contribution in [2.24, 2.45) is 0 Å². The zero-order valence-electron chi connectivity index (χ0n) is 11.1. The van der Waals surface area contributed by atoms with Gasteiger partial charge in [0, 0.05) is 6.42 Å². The summed E-state index contributed by atoms with van der Waals surface area (Å²) in [5.74, 6) is 0. The maximum absolute atomic E-state index is 10.1. The largest absolute Gasteiger partial charge is 0.303 e. The van der Waals surface area contributed by atoms with E-state index in [0.29, 0.717) is 6.42 Å². The number of hydrogen-bond donors (Lipinski definition) is 0. The summed E-state index contributed by atoms with van der Waals surface area (Å²) < 4.78 is 0. The van der Waals surface area contributed by atoms with E-state index in [0.717, 1.165) is 25.5 Å². The van der Waals surface area contributed by atoms with Gasteiger partial charge in [-0.25, -0.2) is 0 Å². The van der Waals surface area contributed by atoms with Crippen LogP contribution in [-0.4, -0.2) is 6.29 Å². The lowest BCUT2D eigenvalue weighted by Gasteiger charge is -1.92. The molecular weight excluding hydrogens is 208 g/mol. The second-order valence-corrected chi connectivity index (χ2v) is 4.19. The van der Waals surface area contributed by atoms with Crippen LogP contribution in [0.4, 0.5) is 0 Å². The maximum atomic E-state index is 10.1. The molecule has 0 saturated carbocycles. The van der Waals surface area contributed by atoms with E-state index in [1.807, 2.05) is 0 Å². The Labute approximate surface area is 106 Å². The van der Waals surface area contributed by atoms with E-state index in [-0.39, 0.29) is 0 Å². The molecule has 0 atom stereocenters. The highest BCUT2D eigenvalue weighted by molar-refractivity contribution is 5.48. The Balaban J connectivity index is 3.31. The third-order valence-corrected chi connectivity index (χ3v) is 2.52. The number of unbranched alkanes of at least 4 members (excludes halogenated alkanes) is 6. The molecule has 0 radical (unpaired) electrons. The standard InChI is InChI=1S/C16H26O/c1-2-3-4-5-6-7-8-9-10-11-12-13-14-15-16-17/h5-10,16H,2-4,11-15H2,1H3. The number of allylic oxidation sites excluding steroid dienone is 6. The second kappa shape index (κ2) is 14.9. The highest BCUT2D eigenvalue weighted by Gasteiger charge is 1.85. The van der Waals surface area contributed by atoms with Crippen molar-refractivity contribution in [2.45, 2.75) is 58.3 Å². The number of aldehydes is 1. The van der Waals surface area contributed by atoms with Crippen LogP contribution in [0.15, 0.2) is 36.5 Å². The molecule has 17 heavy (non-hydrogen) atoms. The molecule has 0 aromatic carbocycles. The Hall–Kier alpha value is -1.11. The van der Waals surface area contributed by atoms with Crippen LogP contribution in [0, 0.1) is 0 Å². The van der Waals surface area contributed by atoms with E-state index in [9.17, 15) is 4.79 Å². The summed E-state index contributed by atoms with van der Waals surface area (Å²) in [4.78, 5) is 10.1. The Morgan fingerprint density at radius 2 is 1.29 bits per heavy atom. The summed E-state index contributed by atoms with van der Waals surface area (Å²) in [6.45, 7) is 2.21. The summed E-state index contributed by atoms with van der Waals surface area (Å²) >= 11 is 0. The van der Waals surface area contributed by atoms with Gasteiger partial charge in [0.2, 0.25) is 0 Å². The fourth-order valence-electron chi connectivity index (χ4n) is 1.47. The molecule has 0 saturated heterocycles. The van der Waals surface area contributed by atoms with Gasteiger partial charge >= 0.3 is 0 Å². The van der Waals surface area contributed by atoms with Crippen LogP contribution < -0.4 is 0 Å². The average molecular weight is 234 g/mol. The first-order valence-electron chi connectivity index (χ1n) is 6.83. The molecule has 0 N–H and O–H groups in total. The number of carbonyl (C=O) groups excluding carboxylic acids is 1. The van der Waals surface area contributed by atoms with E-state index < -0.39 is 0 Å². The number of hydrogen-bond acceptors (Lipinski definition) is 1. The molecule has 0 aromatic rings. The first-order chi connectivity index (χ1) is 8.41. The van der Waals surface area contributed by atoms with Gasteiger partial charge in [-0.05, 0) is 25.7 Å². The smallest absolute Gasteiger partial charge is 0.119 e. The molecule has 1 nitrogen and oxygen atoms in total. The van der Waals surface area contributed by atoms with E-state index in [1.54, 1.807) is 0 Å². The van der Waals surface area contributed by atoms with Gasteiger partial charge in [0.25, 0.3) is 0 Å². The Morgan fingerprint density at radius 1 is 0.706 bits per heavy atom. The summed E-state index contributed by atoms with van der Waals surface area (Å²) in [6.07, 6.45) is 22.7. The molecule has 0 spiro atoms. The average Bonchev–Trinajstić information content (AvgIpc) is 2.35. The van der Waals surface area contributed by atoms with E-state index in [1.165, 1.54) is 25.7 Å². The molecular formula is C16H26O. The van der Waals surface area contributed by atoms with Crippen LogP contribution in [0.3, 0.4) is 0 Å². The molecule has 0 aliphatic carbocycles. The third kappa shape index (κ3) is 14.9. The normalized spacial score (nSPS) is 12.1. The monoisotopic (exact) mass is 234 g/mol. The van der Waals surface area contributed by atoms with E-state index in [2.05, 4.69) is 43.4 Å². The highest BCUT2D eigenvalue weighted by Crippen LogP contribution is 2.02. The van der Waals surface area contributed by atoms with Gasteiger partial charge in [0.15, 0.2) is 0 Å². The van der Waals surface area contributed by atoms with Gasteiger partial charge in [-0.1, -0.05) is 62.6 Å². The van der Waals surface area contributed by atoms with E-state index >= 15 is 0 Å². The van der Waals surface area contributed by atoms with Crippen LogP contribution in [0.5, 0.6) is 0 Å². The van der Waals surface area contributed by atoms with Crippen LogP contribution in [-0.2, 0) is 4.79 Å². The molecule has 96 valence electrons. The zero-order chi connectivity index (χ0) is 12.6. The quantitative estimate of drug-likeness (QED) is 0.279. The predicted octanol–water partition coefficient (Wildman–Crippen LogP) is 4.99. The van der Waals surface area contributed by atoms with Crippen LogP contribution in [0.2, 0.25) is 0 Å². The lowest BCUT2D eigenvalue weighted by molar-refractivity contribution is -0.107. The minimum absolute atomic E-state index is 0.714. The minimum Gasteiger partial charge on any atom is -0.303 e. The predicted molar refractivity (Wildman–Crippen MR) is 76.1 cm³/mol. The molecule has 0 bridgehead atoms. The first-order valence-corrected chi connectivity index (χ1v) is 6.83. The molecule has 0 fully saturated rings. The maximum Gasteiger partial charge on any atom is 0.119 e. The van der Waals surface area contributed by atoms with Crippen molar-refractivity contribution >= 4 is 6.29 Å². The van der Waals surface area contributed by atoms with Gasteiger partial charge in [-0.2, -0.15) is 0 Å². The van der Waals surface area contributed by atoms with Crippen molar-refractivity contribution in [3.05, 3.63) is 36.5 Å². The van der Waals surface area contributed by atoms with Crippen LogP contribution >= 0.6 is 0 Å². The molecule has 0 rings (SSSR count). The van der Waals surface area contributed by atoms with Crippen molar-refractivity contribution in [3.8, 4) is 0 Å². The second-order valence-electron chi connectivity index (χ2n) is 4.19. The molecule has 0 heterocycles. The number of rotatable bonds is 11. The summed E-state index contributed by atoms with van der Waals surface area (Å²) in [6, 6.07) is 0. The highest BCUT2D eigenvalue weighted by atomic mass is 16.1. The molecule has 1 heteroatoms. The lowest BCUT2D eigenvalue weighted by Crippen LogP contribution is -1.77. The lowest BCUT2D eigenvalue weighted by atomic mass is 10.1. The molecule has 0 aromatic heterocycles. The molecule has 0 aliphatic heterocycles. The van der Waals surface area contributed by atoms with Crippen molar-refractivity contribution in [2.75, 3.05) is 0 Å². The Kier molecular flexibility index (Phi) is 13.9. The SMILES string of the molecule is CCCCC=CC=CC=CCCCCCC=O. The minimum atomic E-state index is 0.714. The van der Waals surface area contributed by atoms with Crippen molar-refractivity contribution in [1.29, 1.82) is 0 Å². The van der Waals surface area contributed by atoms with Gasteiger partial charge in [-0.15, -0.1) is 0 Å². The molecule has 0 unspecified atom stereocenters. The van der Waals surface area contributed by atoms with Gasteiger partial charge in [0.1, 0.15) is 6.29 Å². The summed E-state index contributed by atoms with van der Waals surface area (Å²) in [5.41, 5.74) is 0. The summed E-state index contributed by atoms with van der Waals surface area (Å²) in [5, 5.41) is 0. The van der Waals surface area contributed by atoms with Gasteiger partial charge < -0.3 is 4.79 Å². The fraction of sp³-hybridized carbons (Fsp3) is 0.562. The van der Waals surface area contributed by atoms with Crippen molar-refractivity contribution < 1.29 is 4.79 Å². The Bertz CT molecular complexity index is 236. The van der Waals surface area contributed by atoms with Crippen molar-refractivity contribution in [1.82, 2.24) is 0 Å². The zero-order valence-corrected chi connectivity index (χ0v) is 11.1. The van der Waals surface area contributed by atoms with Crippen molar-refractivity contribution in [3.63, 3.8) is 0 Å². The number of carbonyl (C=O) groups is 1. The topological polar surface area (TPSA) is 17.1 Å².